The van der Waals surface area contributed by atoms with Gasteiger partial charge in [0, 0.05) is 28.3 Å². The molecule has 1 aliphatic rings. The third-order valence-corrected chi connectivity index (χ3v) is 4.01. The van der Waals surface area contributed by atoms with Crippen LogP contribution < -0.4 is 10.1 Å². The molecule has 0 aliphatic carbocycles. The maximum atomic E-state index is 12.3. The van der Waals surface area contributed by atoms with Gasteiger partial charge in [-0.05, 0) is 36.3 Å². The molecule has 0 aromatic heterocycles. The van der Waals surface area contributed by atoms with Gasteiger partial charge in [-0.25, -0.2) is 4.79 Å². The van der Waals surface area contributed by atoms with Crippen LogP contribution in [-0.4, -0.2) is 29.5 Å². The smallest absolute Gasteiger partial charge is 0.341 e. The Morgan fingerprint density at radius 2 is 2.04 bits per heavy atom. The fourth-order valence-corrected chi connectivity index (χ4v) is 2.89. The summed E-state index contributed by atoms with van der Waals surface area (Å²) in [5.41, 5.74) is 3.76. The Balaban J connectivity index is 1.99. The number of carbonyl (C=O) groups excluding carboxylic acids is 1. The number of para-hydroxylation sites is 1. The van der Waals surface area contributed by atoms with Crippen LogP contribution in [0.3, 0.4) is 0 Å². The number of alkyl halides is 1. The number of rotatable bonds is 6. The molecule has 0 unspecified atom stereocenters. The summed E-state index contributed by atoms with van der Waals surface area (Å²) < 4.78 is 5.30. The molecule has 1 aliphatic heterocycles. The number of hydrogen-bond donors (Lipinski definition) is 2. The molecule has 2 N–H and O–H groups in total. The summed E-state index contributed by atoms with van der Waals surface area (Å²) in [6.07, 6.45) is 2.43. The van der Waals surface area contributed by atoms with Crippen molar-refractivity contribution in [3.63, 3.8) is 0 Å². The summed E-state index contributed by atoms with van der Waals surface area (Å²) in [6.45, 7) is -0.442. The maximum Gasteiger partial charge on any atom is 0.341 e. The van der Waals surface area contributed by atoms with Crippen molar-refractivity contribution in [3.8, 4) is 5.75 Å². The molecule has 2 aromatic carbocycles. The van der Waals surface area contributed by atoms with Gasteiger partial charge in [-0.15, -0.1) is 11.6 Å². The fourth-order valence-electron chi connectivity index (χ4n) is 2.67. The number of carboxylic acid groups (broad SMARTS) is 1. The largest absolute Gasteiger partial charge is 0.481 e. The van der Waals surface area contributed by atoms with Crippen molar-refractivity contribution >= 4 is 40.8 Å². The minimum absolute atomic E-state index is 0.203. The van der Waals surface area contributed by atoms with E-state index in [1.807, 2.05) is 18.2 Å². The maximum absolute atomic E-state index is 12.3. The molecule has 6 heteroatoms. The van der Waals surface area contributed by atoms with Crippen molar-refractivity contribution < 1.29 is 19.4 Å². The van der Waals surface area contributed by atoms with Crippen LogP contribution in [0, 0.1) is 0 Å². The average Bonchev–Trinajstić information content (AvgIpc) is 2.90. The molecule has 2 aromatic rings. The van der Waals surface area contributed by atoms with Crippen molar-refractivity contribution in [3.05, 3.63) is 59.2 Å². The monoisotopic (exact) mass is 357 g/mol. The number of halogens is 1. The van der Waals surface area contributed by atoms with Crippen LogP contribution in [0.1, 0.15) is 16.7 Å². The first-order valence-electron chi connectivity index (χ1n) is 7.74. The zero-order valence-corrected chi connectivity index (χ0v) is 14.0. The summed E-state index contributed by atoms with van der Waals surface area (Å²) in [5.74, 6) is -0.343. The van der Waals surface area contributed by atoms with Gasteiger partial charge >= 0.3 is 5.97 Å². The molecule has 0 bridgehead atoms. The number of ether oxygens (including phenoxy) is 1. The zero-order valence-electron chi connectivity index (χ0n) is 13.3. The second-order valence-corrected chi connectivity index (χ2v) is 5.93. The first-order chi connectivity index (χ1) is 12.1. The molecule has 0 radical (unpaired) electrons. The van der Waals surface area contributed by atoms with E-state index in [1.165, 1.54) is 0 Å². The van der Waals surface area contributed by atoms with Gasteiger partial charge in [-0.2, -0.15) is 0 Å². The van der Waals surface area contributed by atoms with Crippen LogP contribution >= 0.6 is 11.6 Å². The van der Waals surface area contributed by atoms with Crippen molar-refractivity contribution in [2.75, 3.05) is 17.8 Å². The van der Waals surface area contributed by atoms with E-state index in [-0.39, 0.29) is 5.91 Å². The predicted molar refractivity (Wildman–Crippen MR) is 96.9 cm³/mol. The van der Waals surface area contributed by atoms with E-state index in [1.54, 1.807) is 30.3 Å². The molecule has 0 fully saturated rings. The molecule has 5 nitrogen and oxygen atoms in total. The summed E-state index contributed by atoms with van der Waals surface area (Å²) in [7, 11) is 0. The van der Waals surface area contributed by atoms with Gasteiger partial charge in [0.2, 0.25) is 0 Å². The van der Waals surface area contributed by atoms with E-state index < -0.39 is 12.6 Å². The summed E-state index contributed by atoms with van der Waals surface area (Å²) in [6, 6.07) is 12.8. The van der Waals surface area contributed by atoms with Gasteiger partial charge in [-0.3, -0.25) is 4.79 Å². The SMILES string of the molecule is O=C(O)COc1ccccc1C=C1C(=O)Nc2ccc(CCCl)cc21. The number of hydrogen-bond acceptors (Lipinski definition) is 3. The highest BCUT2D eigenvalue weighted by atomic mass is 35.5. The Labute approximate surface area is 149 Å². The number of amides is 1. The van der Waals surface area contributed by atoms with Crippen LogP contribution in [0.4, 0.5) is 5.69 Å². The standard InChI is InChI=1S/C19H16ClNO4/c20-8-7-12-5-6-16-14(9-12)15(19(24)21-16)10-13-3-1-2-4-17(13)25-11-18(22)23/h1-6,9-10H,7-8,11H2,(H,21,24)(H,22,23). The minimum atomic E-state index is -1.06. The first-order valence-corrected chi connectivity index (χ1v) is 8.28. The topological polar surface area (TPSA) is 75.6 Å². The van der Waals surface area contributed by atoms with Crippen molar-refractivity contribution in [2.45, 2.75) is 6.42 Å². The Hall–Kier alpha value is -2.79. The third-order valence-electron chi connectivity index (χ3n) is 3.82. The lowest BCUT2D eigenvalue weighted by molar-refractivity contribution is -0.139. The van der Waals surface area contributed by atoms with E-state index in [0.29, 0.717) is 29.2 Å². The number of carboxylic acids is 1. The van der Waals surface area contributed by atoms with Gasteiger partial charge in [0.25, 0.3) is 5.91 Å². The lowest BCUT2D eigenvalue weighted by Crippen LogP contribution is -2.10. The molecule has 1 amide bonds. The molecule has 128 valence electrons. The van der Waals surface area contributed by atoms with Gasteiger partial charge in [0.15, 0.2) is 6.61 Å². The average molecular weight is 358 g/mol. The second-order valence-electron chi connectivity index (χ2n) is 5.55. The van der Waals surface area contributed by atoms with Gasteiger partial charge in [0.05, 0.1) is 0 Å². The first kappa shape index (κ1) is 17.0. The molecule has 1 heterocycles. The summed E-state index contributed by atoms with van der Waals surface area (Å²) >= 11 is 5.80. The molecule has 0 saturated heterocycles. The minimum Gasteiger partial charge on any atom is -0.481 e. The molecular weight excluding hydrogens is 342 g/mol. The number of benzene rings is 2. The zero-order chi connectivity index (χ0) is 17.8. The number of carbonyl (C=O) groups is 2. The highest BCUT2D eigenvalue weighted by molar-refractivity contribution is 6.35. The summed E-state index contributed by atoms with van der Waals surface area (Å²) in [5, 5.41) is 11.6. The highest BCUT2D eigenvalue weighted by Gasteiger charge is 2.24. The van der Waals surface area contributed by atoms with Crippen molar-refractivity contribution in [1.29, 1.82) is 0 Å². The molecule has 0 spiro atoms. The van der Waals surface area contributed by atoms with Crippen molar-refractivity contribution in [1.82, 2.24) is 0 Å². The number of aliphatic carboxylic acids is 1. The summed E-state index contributed by atoms with van der Waals surface area (Å²) in [4.78, 5) is 23.1. The Kier molecular flexibility index (Phi) is 5.05. The van der Waals surface area contributed by atoms with Gasteiger partial charge < -0.3 is 15.2 Å². The number of nitrogens with one attached hydrogen (secondary N) is 1. The molecule has 25 heavy (non-hydrogen) atoms. The normalized spacial score (nSPS) is 14.3. The van der Waals surface area contributed by atoms with Crippen LogP contribution in [0.5, 0.6) is 5.75 Å². The molecule has 3 rings (SSSR count). The van der Waals surface area contributed by atoms with Crippen molar-refractivity contribution in [2.24, 2.45) is 0 Å². The third kappa shape index (κ3) is 3.83. The van der Waals surface area contributed by atoms with Crippen LogP contribution in [0.15, 0.2) is 42.5 Å². The molecule has 0 atom stereocenters. The lowest BCUT2D eigenvalue weighted by atomic mass is 10.0. The van der Waals surface area contributed by atoms with Crippen LogP contribution in [0.25, 0.3) is 11.6 Å². The highest BCUT2D eigenvalue weighted by Crippen LogP contribution is 2.35. The van der Waals surface area contributed by atoms with E-state index in [2.05, 4.69) is 5.32 Å². The van der Waals surface area contributed by atoms with Crippen LogP contribution in [0.2, 0.25) is 0 Å². The second kappa shape index (κ2) is 7.40. The molecular formula is C19H16ClNO4. The lowest BCUT2D eigenvalue weighted by Gasteiger charge is -2.08. The van der Waals surface area contributed by atoms with E-state index >= 15 is 0 Å². The number of fused-ring (bicyclic) bond motifs is 1. The van der Waals surface area contributed by atoms with Crippen LogP contribution in [-0.2, 0) is 16.0 Å². The van der Waals surface area contributed by atoms with Gasteiger partial charge in [-0.1, -0.05) is 24.3 Å². The Morgan fingerprint density at radius 3 is 2.80 bits per heavy atom. The molecule has 0 saturated carbocycles. The number of aryl methyl sites for hydroxylation is 1. The quantitative estimate of drug-likeness (QED) is 0.613. The number of anilines is 1. The Morgan fingerprint density at radius 1 is 1.24 bits per heavy atom. The Bertz CT molecular complexity index is 860. The predicted octanol–water partition coefficient (Wildman–Crippen LogP) is 3.42. The fraction of sp³-hybridized carbons (Fsp3) is 0.158. The van der Waals surface area contributed by atoms with E-state index in [0.717, 1.165) is 16.8 Å². The van der Waals surface area contributed by atoms with Gasteiger partial charge in [0.1, 0.15) is 5.75 Å². The van der Waals surface area contributed by atoms with E-state index in [9.17, 15) is 9.59 Å². The van der Waals surface area contributed by atoms with E-state index in [4.69, 9.17) is 21.4 Å².